The van der Waals surface area contributed by atoms with Crippen LogP contribution < -0.4 is 5.32 Å². The summed E-state index contributed by atoms with van der Waals surface area (Å²) in [6.07, 6.45) is 0. The van der Waals surface area contributed by atoms with Gasteiger partial charge in [-0.3, -0.25) is 0 Å². The van der Waals surface area contributed by atoms with E-state index < -0.39 is 5.54 Å². The number of hydrogen-bond acceptors (Lipinski definition) is 4. The Balaban J connectivity index is 0.00000158. The van der Waals surface area contributed by atoms with E-state index >= 15 is 0 Å². The SMILES string of the molecule is CC.CC(=N)c1c(NC(c2ccccc2)(c2ccccc2)c2ccccc2)cc(Cl)nc1CO. The van der Waals surface area contributed by atoms with Crippen molar-refractivity contribution in [2.24, 2.45) is 0 Å². The van der Waals surface area contributed by atoms with Crippen LogP contribution in [0, 0.1) is 5.41 Å². The van der Waals surface area contributed by atoms with Gasteiger partial charge in [0.15, 0.2) is 0 Å². The largest absolute Gasteiger partial charge is 0.390 e. The zero-order valence-corrected chi connectivity index (χ0v) is 20.5. The molecule has 0 saturated carbocycles. The second-order valence-corrected chi connectivity index (χ2v) is 7.96. The van der Waals surface area contributed by atoms with Gasteiger partial charge in [0.2, 0.25) is 0 Å². The zero-order valence-electron chi connectivity index (χ0n) is 19.7. The highest BCUT2D eigenvalue weighted by molar-refractivity contribution is 6.30. The number of benzene rings is 3. The first kappa shape index (κ1) is 25.2. The number of aliphatic hydroxyl groups is 1. The summed E-state index contributed by atoms with van der Waals surface area (Å²) >= 11 is 6.34. The van der Waals surface area contributed by atoms with Gasteiger partial charge in [-0.15, -0.1) is 0 Å². The minimum Gasteiger partial charge on any atom is -0.390 e. The number of pyridine rings is 1. The summed E-state index contributed by atoms with van der Waals surface area (Å²) in [5.41, 5.74) is 4.17. The predicted octanol–water partition coefficient (Wildman–Crippen LogP) is 7.05. The predicted molar refractivity (Wildman–Crippen MR) is 142 cm³/mol. The third-order valence-electron chi connectivity index (χ3n) is 5.53. The highest BCUT2D eigenvalue weighted by atomic mass is 35.5. The standard InChI is InChI=1S/C27H24ClN3O.C2H6/c1-19(29)26-23(17-25(28)30-24(26)18-32)31-27(20-11-5-2-6-12-20,21-13-7-3-8-14-21)22-15-9-4-10-16-22;1-2/h2-17,29,32H,18H2,1H3,(H,30,31);1-2H3. The van der Waals surface area contributed by atoms with Gasteiger partial charge in [-0.1, -0.05) is 116 Å². The fourth-order valence-electron chi connectivity index (χ4n) is 4.18. The first-order valence-electron chi connectivity index (χ1n) is 11.4. The third-order valence-corrected chi connectivity index (χ3v) is 5.72. The van der Waals surface area contributed by atoms with Crippen molar-refractivity contribution in [3.05, 3.63) is 130 Å². The topological polar surface area (TPSA) is 69.0 Å². The molecule has 0 unspecified atom stereocenters. The fraction of sp³-hybridized carbons (Fsp3) is 0.172. The molecule has 0 spiro atoms. The number of rotatable bonds is 7. The van der Waals surface area contributed by atoms with Gasteiger partial charge in [-0.25, -0.2) is 4.98 Å². The molecule has 3 aromatic carbocycles. The average Bonchev–Trinajstić information content (AvgIpc) is 2.89. The van der Waals surface area contributed by atoms with E-state index in [2.05, 4.69) is 46.7 Å². The van der Waals surface area contributed by atoms with Crippen LogP contribution in [0.15, 0.2) is 97.1 Å². The van der Waals surface area contributed by atoms with Gasteiger partial charge in [-0.05, 0) is 29.7 Å². The van der Waals surface area contributed by atoms with E-state index in [1.807, 2.05) is 68.4 Å². The molecule has 0 saturated heterocycles. The van der Waals surface area contributed by atoms with Gasteiger partial charge >= 0.3 is 0 Å². The smallest absolute Gasteiger partial charge is 0.131 e. The molecule has 174 valence electrons. The number of aliphatic hydroxyl groups excluding tert-OH is 1. The van der Waals surface area contributed by atoms with Crippen LogP contribution in [0.3, 0.4) is 0 Å². The van der Waals surface area contributed by atoms with E-state index in [-0.39, 0.29) is 11.8 Å². The Labute approximate surface area is 206 Å². The van der Waals surface area contributed by atoms with Crippen LogP contribution in [0.4, 0.5) is 5.69 Å². The summed E-state index contributed by atoms with van der Waals surface area (Å²) in [5, 5.41) is 22.3. The van der Waals surface area contributed by atoms with Crippen LogP contribution in [0.2, 0.25) is 5.15 Å². The van der Waals surface area contributed by atoms with Crippen LogP contribution >= 0.6 is 11.6 Å². The number of aromatic nitrogens is 1. The van der Waals surface area contributed by atoms with E-state index in [4.69, 9.17) is 17.0 Å². The first-order chi connectivity index (χ1) is 16.6. The summed E-state index contributed by atoms with van der Waals surface area (Å²) in [4.78, 5) is 4.26. The van der Waals surface area contributed by atoms with Gasteiger partial charge in [0.05, 0.1) is 12.3 Å². The molecule has 1 heterocycles. The van der Waals surface area contributed by atoms with E-state index in [0.717, 1.165) is 16.7 Å². The molecule has 0 aliphatic rings. The molecule has 0 aliphatic carbocycles. The minimum atomic E-state index is -0.772. The summed E-state index contributed by atoms with van der Waals surface area (Å²) < 4.78 is 0. The van der Waals surface area contributed by atoms with Gasteiger partial charge < -0.3 is 15.8 Å². The normalized spacial score (nSPS) is 10.7. The van der Waals surface area contributed by atoms with Crippen LogP contribution in [0.5, 0.6) is 0 Å². The Hall–Kier alpha value is -3.47. The zero-order chi connectivity index (χ0) is 24.6. The fourth-order valence-corrected chi connectivity index (χ4v) is 4.39. The Bertz CT molecular complexity index is 1120. The number of anilines is 1. The third kappa shape index (κ3) is 5.04. The van der Waals surface area contributed by atoms with Crippen molar-refractivity contribution in [2.75, 3.05) is 5.32 Å². The van der Waals surface area contributed by atoms with Crippen LogP contribution in [-0.4, -0.2) is 15.8 Å². The van der Waals surface area contributed by atoms with E-state index in [1.54, 1.807) is 13.0 Å². The number of hydrogen-bond donors (Lipinski definition) is 3. The van der Waals surface area contributed by atoms with Crippen molar-refractivity contribution in [1.82, 2.24) is 4.98 Å². The molecular weight excluding hydrogens is 442 g/mol. The number of halogens is 1. The second kappa shape index (κ2) is 11.6. The lowest BCUT2D eigenvalue weighted by molar-refractivity contribution is 0.276. The highest BCUT2D eigenvalue weighted by Crippen LogP contribution is 2.41. The second-order valence-electron chi connectivity index (χ2n) is 7.57. The lowest BCUT2D eigenvalue weighted by Crippen LogP contribution is -2.38. The van der Waals surface area contributed by atoms with Crippen LogP contribution in [0.25, 0.3) is 0 Å². The molecule has 1 aromatic heterocycles. The van der Waals surface area contributed by atoms with Crippen molar-refractivity contribution in [1.29, 1.82) is 5.41 Å². The molecule has 4 nitrogen and oxygen atoms in total. The maximum atomic E-state index is 9.92. The minimum absolute atomic E-state index is 0.254. The van der Waals surface area contributed by atoms with Crippen molar-refractivity contribution < 1.29 is 5.11 Å². The van der Waals surface area contributed by atoms with Gasteiger partial charge in [0, 0.05) is 17.0 Å². The summed E-state index contributed by atoms with van der Waals surface area (Å²) in [6, 6.07) is 32.3. The molecule has 0 radical (unpaired) electrons. The van der Waals surface area contributed by atoms with Gasteiger partial charge in [0.25, 0.3) is 0 Å². The molecular formula is C29H30ClN3O. The van der Waals surface area contributed by atoms with E-state index in [1.165, 1.54) is 0 Å². The summed E-state index contributed by atoms with van der Waals surface area (Å²) in [6.45, 7) is 5.38. The maximum absolute atomic E-state index is 9.92. The molecule has 3 N–H and O–H groups in total. The van der Waals surface area contributed by atoms with Crippen molar-refractivity contribution in [3.63, 3.8) is 0 Å². The Morgan fingerprint density at radius 1 is 0.853 bits per heavy atom. The quantitative estimate of drug-likeness (QED) is 0.154. The van der Waals surface area contributed by atoms with E-state index in [0.29, 0.717) is 22.7 Å². The summed E-state index contributed by atoms with van der Waals surface area (Å²) in [5.74, 6) is 0. The Morgan fingerprint density at radius 3 is 1.62 bits per heavy atom. The van der Waals surface area contributed by atoms with Gasteiger partial charge in [0.1, 0.15) is 10.7 Å². The van der Waals surface area contributed by atoms with Crippen molar-refractivity contribution in [2.45, 2.75) is 32.9 Å². The molecule has 0 atom stereocenters. The first-order valence-corrected chi connectivity index (χ1v) is 11.7. The monoisotopic (exact) mass is 471 g/mol. The lowest BCUT2D eigenvalue weighted by atomic mass is 9.76. The van der Waals surface area contributed by atoms with Crippen molar-refractivity contribution >= 4 is 23.0 Å². The van der Waals surface area contributed by atoms with Crippen LogP contribution in [-0.2, 0) is 12.1 Å². The molecule has 34 heavy (non-hydrogen) atoms. The van der Waals surface area contributed by atoms with Crippen LogP contribution in [0.1, 0.15) is 48.7 Å². The van der Waals surface area contributed by atoms with Crippen molar-refractivity contribution in [3.8, 4) is 0 Å². The summed E-state index contributed by atoms with van der Waals surface area (Å²) in [7, 11) is 0. The molecule has 4 rings (SSSR count). The molecule has 4 aromatic rings. The lowest BCUT2D eigenvalue weighted by Gasteiger charge is -2.38. The Kier molecular flexibility index (Phi) is 8.58. The molecule has 0 aliphatic heterocycles. The molecule has 0 fully saturated rings. The average molecular weight is 472 g/mol. The molecule has 5 heteroatoms. The Morgan fingerprint density at radius 2 is 1.26 bits per heavy atom. The highest BCUT2D eigenvalue weighted by Gasteiger charge is 2.37. The number of nitrogens with one attached hydrogen (secondary N) is 2. The molecule has 0 bridgehead atoms. The van der Waals surface area contributed by atoms with Gasteiger partial charge in [-0.2, -0.15) is 0 Å². The van der Waals surface area contributed by atoms with E-state index in [9.17, 15) is 5.11 Å². The number of nitrogens with zero attached hydrogens (tertiary/aromatic N) is 1. The molecule has 0 amide bonds. The maximum Gasteiger partial charge on any atom is 0.131 e.